The van der Waals surface area contributed by atoms with Crippen molar-refractivity contribution in [1.82, 2.24) is 4.40 Å². The first-order valence-corrected chi connectivity index (χ1v) is 7.06. The topological polar surface area (TPSA) is 64.6 Å². The summed E-state index contributed by atoms with van der Waals surface area (Å²) < 4.78 is 1.96. The molecule has 22 heavy (non-hydrogen) atoms. The number of benzene rings is 1. The first kappa shape index (κ1) is 14.1. The summed E-state index contributed by atoms with van der Waals surface area (Å²) in [4.78, 5) is 23.5. The van der Waals surface area contributed by atoms with E-state index < -0.39 is 11.7 Å². The summed E-state index contributed by atoms with van der Waals surface area (Å²) in [6.07, 6.45) is 2.59. The molecule has 1 aromatic carbocycles. The Bertz CT molecular complexity index is 863. The number of Topliss-reactive ketones (excluding diaryl/α,β-unsaturated/α-hetero) is 1. The van der Waals surface area contributed by atoms with Gasteiger partial charge >= 0.3 is 0 Å². The smallest absolute Gasteiger partial charge is 0.289 e. The summed E-state index contributed by atoms with van der Waals surface area (Å²) in [5.74, 6) is -1.56. The van der Waals surface area contributed by atoms with E-state index in [0.29, 0.717) is 12.0 Å². The molecule has 2 aromatic heterocycles. The fourth-order valence-corrected chi connectivity index (χ4v) is 2.82. The van der Waals surface area contributed by atoms with Gasteiger partial charge in [0, 0.05) is 18.3 Å². The SMILES string of the molecule is Cc1c(C(=O)C(N)=O)c2ccccn2c1Cc1ccccc1. The average molecular weight is 292 g/mol. The van der Waals surface area contributed by atoms with Crippen LogP contribution in [0.4, 0.5) is 0 Å². The summed E-state index contributed by atoms with van der Waals surface area (Å²) in [7, 11) is 0. The van der Waals surface area contributed by atoms with Crippen LogP contribution in [-0.2, 0) is 11.2 Å². The standard InChI is InChI=1S/C18H16N2O2/c1-12-15(11-13-7-3-2-4-8-13)20-10-6-5-9-14(20)16(12)17(21)18(19)22/h2-10H,11H2,1H3,(H2,19,22). The molecule has 0 atom stereocenters. The van der Waals surface area contributed by atoms with Crippen LogP contribution in [0.15, 0.2) is 54.7 Å². The van der Waals surface area contributed by atoms with Gasteiger partial charge in [0.1, 0.15) is 0 Å². The number of pyridine rings is 1. The zero-order chi connectivity index (χ0) is 15.7. The summed E-state index contributed by atoms with van der Waals surface area (Å²) in [6.45, 7) is 1.86. The molecule has 2 N–H and O–H groups in total. The number of nitrogens with zero attached hydrogens (tertiary/aromatic N) is 1. The maximum absolute atomic E-state index is 12.2. The number of ketones is 1. The van der Waals surface area contributed by atoms with Crippen LogP contribution >= 0.6 is 0 Å². The van der Waals surface area contributed by atoms with Crippen LogP contribution in [0.1, 0.15) is 27.2 Å². The first-order valence-electron chi connectivity index (χ1n) is 7.06. The van der Waals surface area contributed by atoms with Gasteiger partial charge in [0.15, 0.2) is 0 Å². The van der Waals surface area contributed by atoms with Crippen LogP contribution in [0.2, 0.25) is 0 Å². The number of hydrogen-bond donors (Lipinski definition) is 1. The Morgan fingerprint density at radius 3 is 2.41 bits per heavy atom. The molecule has 1 amide bonds. The second-order valence-corrected chi connectivity index (χ2v) is 5.26. The number of rotatable bonds is 4. The maximum atomic E-state index is 12.2. The van der Waals surface area contributed by atoms with E-state index in [-0.39, 0.29) is 0 Å². The molecule has 0 radical (unpaired) electrons. The van der Waals surface area contributed by atoms with Crippen molar-refractivity contribution < 1.29 is 9.59 Å². The van der Waals surface area contributed by atoms with E-state index in [4.69, 9.17) is 5.73 Å². The van der Waals surface area contributed by atoms with Gasteiger partial charge in [0.2, 0.25) is 0 Å². The van der Waals surface area contributed by atoms with Crippen LogP contribution in [0.25, 0.3) is 5.52 Å². The number of carbonyl (C=O) groups excluding carboxylic acids is 2. The summed E-state index contributed by atoms with van der Waals surface area (Å²) in [5, 5.41) is 0. The Morgan fingerprint density at radius 2 is 1.73 bits per heavy atom. The number of carbonyl (C=O) groups is 2. The average Bonchev–Trinajstić information content (AvgIpc) is 2.80. The fourth-order valence-electron chi connectivity index (χ4n) is 2.82. The molecule has 0 aliphatic rings. The second kappa shape index (κ2) is 5.48. The van der Waals surface area contributed by atoms with Gasteiger partial charge in [-0.2, -0.15) is 0 Å². The maximum Gasteiger partial charge on any atom is 0.289 e. The normalized spacial score (nSPS) is 10.8. The molecule has 4 nitrogen and oxygen atoms in total. The Morgan fingerprint density at radius 1 is 1.05 bits per heavy atom. The lowest BCUT2D eigenvalue weighted by Gasteiger charge is -2.04. The number of aromatic nitrogens is 1. The third-order valence-electron chi connectivity index (χ3n) is 3.88. The van der Waals surface area contributed by atoms with Crippen LogP contribution < -0.4 is 5.73 Å². The van der Waals surface area contributed by atoms with Crippen molar-refractivity contribution in [2.45, 2.75) is 13.3 Å². The monoisotopic (exact) mass is 292 g/mol. The fraction of sp³-hybridized carbons (Fsp3) is 0.111. The molecule has 3 rings (SSSR count). The summed E-state index contributed by atoms with van der Waals surface area (Å²) >= 11 is 0. The molecule has 110 valence electrons. The van der Waals surface area contributed by atoms with Crippen molar-refractivity contribution in [3.8, 4) is 0 Å². The van der Waals surface area contributed by atoms with Crippen molar-refractivity contribution in [3.05, 3.63) is 77.1 Å². The molecule has 0 fully saturated rings. The lowest BCUT2D eigenvalue weighted by molar-refractivity contribution is -0.114. The van der Waals surface area contributed by atoms with Gasteiger partial charge in [-0.15, -0.1) is 0 Å². The molecule has 0 bridgehead atoms. The number of fused-ring (bicyclic) bond motifs is 1. The molecule has 0 aliphatic carbocycles. The van der Waals surface area contributed by atoms with E-state index >= 15 is 0 Å². The highest BCUT2D eigenvalue weighted by Crippen LogP contribution is 2.25. The van der Waals surface area contributed by atoms with Gasteiger partial charge in [-0.1, -0.05) is 36.4 Å². The van der Waals surface area contributed by atoms with E-state index in [1.165, 1.54) is 0 Å². The van der Waals surface area contributed by atoms with E-state index in [2.05, 4.69) is 0 Å². The lowest BCUT2D eigenvalue weighted by Crippen LogP contribution is -2.23. The molecule has 0 saturated heterocycles. The number of amides is 1. The number of nitrogens with two attached hydrogens (primary N) is 1. The van der Waals surface area contributed by atoms with Gasteiger partial charge in [0.05, 0.1) is 11.1 Å². The van der Waals surface area contributed by atoms with Gasteiger partial charge in [-0.3, -0.25) is 9.59 Å². The van der Waals surface area contributed by atoms with Crippen molar-refractivity contribution in [2.24, 2.45) is 5.73 Å². The zero-order valence-corrected chi connectivity index (χ0v) is 12.2. The molecule has 3 aromatic rings. The van der Waals surface area contributed by atoms with Gasteiger partial charge < -0.3 is 10.1 Å². The number of hydrogen-bond acceptors (Lipinski definition) is 2. The Hall–Kier alpha value is -2.88. The Balaban J connectivity index is 2.21. The van der Waals surface area contributed by atoms with Crippen LogP contribution in [0, 0.1) is 6.92 Å². The Labute approximate surface area is 128 Å². The van der Waals surface area contributed by atoms with Crippen LogP contribution in [0.3, 0.4) is 0 Å². The van der Waals surface area contributed by atoms with Gasteiger partial charge in [0.25, 0.3) is 11.7 Å². The highest BCUT2D eigenvalue weighted by Gasteiger charge is 2.23. The minimum absolute atomic E-state index is 0.402. The third-order valence-corrected chi connectivity index (χ3v) is 3.88. The van der Waals surface area contributed by atoms with Crippen molar-refractivity contribution in [2.75, 3.05) is 0 Å². The summed E-state index contributed by atoms with van der Waals surface area (Å²) in [5.41, 5.74) is 9.25. The number of primary amides is 1. The third kappa shape index (κ3) is 2.29. The molecular weight excluding hydrogens is 276 g/mol. The van der Waals surface area contributed by atoms with Crippen molar-refractivity contribution in [1.29, 1.82) is 0 Å². The van der Waals surface area contributed by atoms with Crippen LogP contribution in [0.5, 0.6) is 0 Å². The first-order chi connectivity index (χ1) is 10.6. The Kier molecular flexibility index (Phi) is 3.51. The molecule has 0 spiro atoms. The predicted octanol–water partition coefficient (Wildman–Crippen LogP) is 2.51. The van der Waals surface area contributed by atoms with Gasteiger partial charge in [-0.25, -0.2) is 0 Å². The van der Waals surface area contributed by atoms with Crippen LogP contribution in [-0.4, -0.2) is 16.1 Å². The van der Waals surface area contributed by atoms with E-state index in [1.807, 2.05) is 66.1 Å². The van der Waals surface area contributed by atoms with E-state index in [9.17, 15) is 9.59 Å². The molecule has 2 heterocycles. The second-order valence-electron chi connectivity index (χ2n) is 5.26. The quantitative estimate of drug-likeness (QED) is 0.593. The lowest BCUT2D eigenvalue weighted by atomic mass is 10.0. The van der Waals surface area contributed by atoms with Crippen molar-refractivity contribution in [3.63, 3.8) is 0 Å². The summed E-state index contributed by atoms with van der Waals surface area (Å²) in [6, 6.07) is 15.6. The molecule has 0 unspecified atom stereocenters. The highest BCUT2D eigenvalue weighted by atomic mass is 16.2. The highest BCUT2D eigenvalue weighted by molar-refractivity contribution is 6.44. The minimum Gasteiger partial charge on any atom is -0.363 e. The van der Waals surface area contributed by atoms with E-state index in [1.54, 1.807) is 0 Å². The predicted molar refractivity (Wildman–Crippen MR) is 84.9 cm³/mol. The minimum atomic E-state index is -0.925. The molecule has 0 saturated carbocycles. The molecular formula is C18H16N2O2. The van der Waals surface area contributed by atoms with Gasteiger partial charge in [-0.05, 0) is 30.2 Å². The van der Waals surface area contributed by atoms with E-state index in [0.717, 1.165) is 22.3 Å². The zero-order valence-electron chi connectivity index (χ0n) is 12.2. The largest absolute Gasteiger partial charge is 0.363 e. The molecule has 4 heteroatoms. The molecule has 0 aliphatic heterocycles. The van der Waals surface area contributed by atoms with Crippen molar-refractivity contribution >= 4 is 17.2 Å².